The molecule has 0 unspecified atom stereocenters. The molecule has 0 saturated carbocycles. The van der Waals surface area contributed by atoms with Gasteiger partial charge in [-0.2, -0.15) is 0 Å². The number of fused-ring (bicyclic) bond motifs is 1. The van der Waals surface area contributed by atoms with Crippen LogP contribution in [-0.4, -0.2) is 17.6 Å². The molecule has 0 aliphatic carbocycles. The molecule has 0 fully saturated rings. The number of thioether (sulfide) groups is 1. The average Bonchev–Trinajstić information content (AvgIpc) is 2.96. The van der Waals surface area contributed by atoms with Gasteiger partial charge in [0.1, 0.15) is 5.82 Å². The maximum Gasteiger partial charge on any atom is 0.280 e. The third-order valence-corrected chi connectivity index (χ3v) is 5.88. The minimum absolute atomic E-state index is 0.00656. The average molecular weight is 374 g/mol. The van der Waals surface area contributed by atoms with Crippen molar-refractivity contribution in [3.05, 3.63) is 64.8 Å². The second-order valence-electron chi connectivity index (χ2n) is 5.27. The summed E-state index contributed by atoms with van der Waals surface area (Å²) in [4.78, 5) is 25.1. The fourth-order valence-corrected chi connectivity index (χ4v) is 4.16. The molecule has 0 radical (unpaired) electrons. The summed E-state index contributed by atoms with van der Waals surface area (Å²) in [6.45, 7) is 1.88. The van der Waals surface area contributed by atoms with Crippen LogP contribution in [-0.2, 0) is 4.79 Å². The highest BCUT2D eigenvalue weighted by molar-refractivity contribution is 8.00. The third-order valence-electron chi connectivity index (χ3n) is 3.56. The second-order valence-corrected chi connectivity index (χ2v) is 7.34. The minimum Gasteiger partial charge on any atom is -0.272 e. The van der Waals surface area contributed by atoms with Crippen molar-refractivity contribution in [2.24, 2.45) is 0 Å². The van der Waals surface area contributed by atoms with Gasteiger partial charge in [0.2, 0.25) is 5.91 Å². The van der Waals surface area contributed by atoms with Crippen molar-refractivity contribution in [2.45, 2.75) is 11.8 Å². The van der Waals surface area contributed by atoms with Crippen molar-refractivity contribution >= 4 is 45.0 Å². The third kappa shape index (κ3) is 4.00. The highest BCUT2D eigenvalue weighted by atomic mass is 32.2. The number of hydrogen-bond donors (Lipinski definition) is 2. The Morgan fingerprint density at radius 1 is 1.08 bits per heavy atom. The molecule has 25 heavy (non-hydrogen) atoms. The molecule has 2 amide bonds. The molecule has 128 valence electrons. The Bertz CT molecular complexity index is 940. The van der Waals surface area contributed by atoms with E-state index in [0.717, 1.165) is 27.4 Å². The number of carbonyl (C=O) groups is 2. The van der Waals surface area contributed by atoms with Crippen molar-refractivity contribution in [2.75, 3.05) is 5.75 Å². The highest BCUT2D eigenvalue weighted by Gasteiger charge is 2.16. The van der Waals surface area contributed by atoms with Crippen LogP contribution in [0.5, 0.6) is 0 Å². The number of halogens is 1. The van der Waals surface area contributed by atoms with Crippen molar-refractivity contribution in [3.63, 3.8) is 0 Å². The first-order chi connectivity index (χ1) is 12.1. The Morgan fingerprint density at radius 3 is 2.56 bits per heavy atom. The molecule has 1 heterocycles. The standard InChI is InChI=1S/C18H15FN2O2S2/c1-11-12-6-2-4-8-14(12)25-17(11)18(23)21-20-16(22)10-24-15-9-5-3-7-13(15)19/h2-9H,10H2,1H3,(H,20,22)(H,21,23). The van der Waals surface area contributed by atoms with Crippen LogP contribution in [0.4, 0.5) is 4.39 Å². The van der Waals surface area contributed by atoms with E-state index in [-0.39, 0.29) is 17.5 Å². The molecule has 0 spiro atoms. The number of aryl methyl sites for hydroxylation is 1. The summed E-state index contributed by atoms with van der Waals surface area (Å²) in [6.07, 6.45) is 0. The molecule has 0 aliphatic heterocycles. The molecule has 0 saturated heterocycles. The smallest absolute Gasteiger partial charge is 0.272 e. The quantitative estimate of drug-likeness (QED) is 0.538. The van der Waals surface area contributed by atoms with Gasteiger partial charge in [-0.1, -0.05) is 30.3 Å². The van der Waals surface area contributed by atoms with Gasteiger partial charge in [-0.25, -0.2) is 4.39 Å². The molecule has 4 nitrogen and oxygen atoms in total. The van der Waals surface area contributed by atoms with Crippen LogP contribution in [0.25, 0.3) is 10.1 Å². The van der Waals surface area contributed by atoms with Crippen LogP contribution >= 0.6 is 23.1 Å². The molecule has 0 bridgehead atoms. The predicted molar refractivity (Wildman–Crippen MR) is 99.3 cm³/mol. The molecule has 0 atom stereocenters. The van der Waals surface area contributed by atoms with E-state index in [1.54, 1.807) is 18.2 Å². The van der Waals surface area contributed by atoms with Crippen molar-refractivity contribution in [1.82, 2.24) is 10.9 Å². The van der Waals surface area contributed by atoms with Crippen LogP contribution in [0.15, 0.2) is 53.4 Å². The summed E-state index contributed by atoms with van der Waals surface area (Å²) in [6, 6.07) is 14.0. The van der Waals surface area contributed by atoms with Crippen molar-refractivity contribution in [3.8, 4) is 0 Å². The Morgan fingerprint density at radius 2 is 1.80 bits per heavy atom. The lowest BCUT2D eigenvalue weighted by Gasteiger charge is -2.07. The first-order valence-electron chi connectivity index (χ1n) is 7.51. The van der Waals surface area contributed by atoms with Gasteiger partial charge in [-0.05, 0) is 36.1 Å². The van der Waals surface area contributed by atoms with E-state index < -0.39 is 5.91 Å². The maximum atomic E-state index is 13.5. The van der Waals surface area contributed by atoms with Crippen molar-refractivity contribution in [1.29, 1.82) is 0 Å². The fourth-order valence-electron chi connectivity index (χ4n) is 2.32. The normalized spacial score (nSPS) is 10.6. The minimum atomic E-state index is -0.402. The molecule has 7 heteroatoms. The molecule has 0 aliphatic rings. The van der Waals surface area contributed by atoms with Gasteiger partial charge >= 0.3 is 0 Å². The summed E-state index contributed by atoms with van der Waals surface area (Å²) in [5.41, 5.74) is 5.67. The van der Waals surface area contributed by atoms with E-state index in [1.165, 1.54) is 17.4 Å². The van der Waals surface area contributed by atoms with Gasteiger partial charge in [-0.15, -0.1) is 23.1 Å². The molecular formula is C18H15FN2O2S2. The van der Waals surface area contributed by atoms with E-state index in [2.05, 4.69) is 10.9 Å². The van der Waals surface area contributed by atoms with Crippen LogP contribution in [0.3, 0.4) is 0 Å². The predicted octanol–water partition coefficient (Wildman–Crippen LogP) is 3.90. The monoisotopic (exact) mass is 374 g/mol. The van der Waals surface area contributed by atoms with Gasteiger partial charge in [0.15, 0.2) is 0 Å². The SMILES string of the molecule is Cc1c(C(=O)NNC(=O)CSc2ccccc2F)sc2ccccc12. The van der Waals surface area contributed by atoms with Crippen LogP contribution in [0, 0.1) is 12.7 Å². The number of carbonyl (C=O) groups excluding carboxylic acids is 2. The van der Waals surface area contributed by atoms with E-state index in [1.807, 2.05) is 31.2 Å². The summed E-state index contributed by atoms with van der Waals surface area (Å²) < 4.78 is 14.5. The van der Waals surface area contributed by atoms with E-state index in [0.29, 0.717) is 9.77 Å². The number of hydrogen-bond acceptors (Lipinski definition) is 4. The number of thiophene rings is 1. The van der Waals surface area contributed by atoms with Gasteiger partial charge in [0.25, 0.3) is 5.91 Å². The number of amides is 2. The highest BCUT2D eigenvalue weighted by Crippen LogP contribution is 2.30. The number of rotatable bonds is 4. The summed E-state index contributed by atoms with van der Waals surface area (Å²) in [5.74, 6) is -1.12. The Labute approximate surface area is 152 Å². The lowest BCUT2D eigenvalue weighted by molar-refractivity contribution is -0.119. The van der Waals surface area contributed by atoms with Crippen molar-refractivity contribution < 1.29 is 14.0 Å². The summed E-state index contributed by atoms with van der Waals surface area (Å²) >= 11 is 2.45. The summed E-state index contributed by atoms with van der Waals surface area (Å²) in [7, 11) is 0. The largest absolute Gasteiger partial charge is 0.280 e. The topological polar surface area (TPSA) is 58.2 Å². The first kappa shape index (κ1) is 17.4. The van der Waals surface area contributed by atoms with Crippen LogP contribution in [0.1, 0.15) is 15.2 Å². The number of benzene rings is 2. The molecule has 3 aromatic rings. The molecule has 1 aromatic heterocycles. The van der Waals surface area contributed by atoms with Gasteiger partial charge in [-0.3, -0.25) is 20.4 Å². The Kier molecular flexibility index (Phi) is 5.35. The number of nitrogens with one attached hydrogen (secondary N) is 2. The van der Waals surface area contributed by atoms with Gasteiger partial charge in [0, 0.05) is 9.60 Å². The van der Waals surface area contributed by atoms with E-state index in [4.69, 9.17) is 0 Å². The van der Waals surface area contributed by atoms with Gasteiger partial charge in [0.05, 0.1) is 10.6 Å². The molecule has 2 aromatic carbocycles. The number of hydrazine groups is 1. The fraction of sp³-hybridized carbons (Fsp3) is 0.111. The second kappa shape index (κ2) is 7.67. The van der Waals surface area contributed by atoms with Crippen LogP contribution in [0.2, 0.25) is 0 Å². The zero-order valence-electron chi connectivity index (χ0n) is 13.3. The molecule has 3 rings (SSSR count). The first-order valence-corrected chi connectivity index (χ1v) is 9.31. The van der Waals surface area contributed by atoms with E-state index >= 15 is 0 Å². The van der Waals surface area contributed by atoms with Gasteiger partial charge < -0.3 is 0 Å². The maximum absolute atomic E-state index is 13.5. The Hall–Kier alpha value is -2.38. The Balaban J connectivity index is 1.57. The van der Waals surface area contributed by atoms with E-state index in [9.17, 15) is 14.0 Å². The lowest BCUT2D eigenvalue weighted by Crippen LogP contribution is -2.42. The molecular weight excluding hydrogens is 359 g/mol. The lowest BCUT2D eigenvalue weighted by atomic mass is 10.1. The van der Waals surface area contributed by atoms with Crippen LogP contribution < -0.4 is 10.9 Å². The molecule has 2 N–H and O–H groups in total. The zero-order valence-corrected chi connectivity index (χ0v) is 15.0. The summed E-state index contributed by atoms with van der Waals surface area (Å²) in [5, 5.41) is 1.03. The zero-order chi connectivity index (χ0) is 17.8.